The van der Waals surface area contributed by atoms with Gasteiger partial charge in [0.15, 0.2) is 0 Å². The molecule has 5 nitrogen and oxygen atoms in total. The van der Waals surface area contributed by atoms with Gasteiger partial charge in [0.1, 0.15) is 0 Å². The van der Waals surface area contributed by atoms with Crippen LogP contribution in [0.25, 0.3) is 0 Å². The molecule has 0 amide bonds. The zero-order valence-corrected chi connectivity index (χ0v) is 11.7. The quantitative estimate of drug-likeness (QED) is 0.594. The van der Waals surface area contributed by atoms with E-state index in [1.165, 1.54) is 0 Å². The summed E-state index contributed by atoms with van der Waals surface area (Å²) in [5, 5.41) is 8.95. The zero-order valence-electron chi connectivity index (χ0n) is 10.9. The molecule has 2 N–H and O–H groups in total. The molecule has 0 aliphatic rings. The molecular formula is C11H22FNO4S. The van der Waals surface area contributed by atoms with Crippen molar-refractivity contribution in [2.45, 2.75) is 33.1 Å². The van der Waals surface area contributed by atoms with Crippen LogP contribution in [0.3, 0.4) is 0 Å². The van der Waals surface area contributed by atoms with E-state index in [2.05, 4.69) is 4.72 Å². The van der Waals surface area contributed by atoms with Crippen LogP contribution in [-0.4, -0.2) is 38.5 Å². The van der Waals surface area contributed by atoms with E-state index in [1.54, 1.807) is 0 Å². The highest BCUT2D eigenvalue weighted by atomic mass is 32.2. The maximum Gasteiger partial charge on any atom is 0.307 e. The van der Waals surface area contributed by atoms with Crippen LogP contribution in [0.5, 0.6) is 0 Å². The summed E-state index contributed by atoms with van der Waals surface area (Å²) in [7, 11) is -3.50. The predicted molar refractivity (Wildman–Crippen MR) is 67.6 cm³/mol. The van der Waals surface area contributed by atoms with Gasteiger partial charge in [-0.2, -0.15) is 0 Å². The molecule has 0 heterocycles. The molecule has 7 heteroatoms. The van der Waals surface area contributed by atoms with Crippen LogP contribution in [0.2, 0.25) is 0 Å². The second-order valence-electron chi connectivity index (χ2n) is 4.73. The van der Waals surface area contributed by atoms with Crippen LogP contribution in [0.15, 0.2) is 0 Å². The number of hydrogen-bond donors (Lipinski definition) is 2. The van der Waals surface area contributed by atoms with Gasteiger partial charge in [-0.25, -0.2) is 13.1 Å². The second-order valence-corrected chi connectivity index (χ2v) is 6.65. The molecule has 18 heavy (non-hydrogen) atoms. The number of hydrogen-bond acceptors (Lipinski definition) is 3. The highest BCUT2D eigenvalue weighted by Crippen LogP contribution is 2.11. The van der Waals surface area contributed by atoms with Crippen molar-refractivity contribution >= 4 is 16.0 Å². The molecule has 0 saturated carbocycles. The Kier molecular flexibility index (Phi) is 8.10. The van der Waals surface area contributed by atoms with Gasteiger partial charge in [0.05, 0.1) is 18.3 Å². The summed E-state index contributed by atoms with van der Waals surface area (Å²) in [6, 6.07) is 0. The summed E-state index contributed by atoms with van der Waals surface area (Å²) in [5.41, 5.74) is 0. The van der Waals surface area contributed by atoms with Gasteiger partial charge in [-0.15, -0.1) is 0 Å². The van der Waals surface area contributed by atoms with Gasteiger partial charge >= 0.3 is 5.97 Å². The maximum absolute atomic E-state index is 11.8. The first-order valence-electron chi connectivity index (χ1n) is 6.04. The average molecular weight is 283 g/mol. The van der Waals surface area contributed by atoms with Crippen molar-refractivity contribution in [1.82, 2.24) is 4.72 Å². The van der Waals surface area contributed by atoms with Crippen molar-refractivity contribution in [3.63, 3.8) is 0 Å². The van der Waals surface area contributed by atoms with Crippen LogP contribution in [0, 0.1) is 11.8 Å². The molecule has 1 atom stereocenters. The van der Waals surface area contributed by atoms with Crippen LogP contribution in [0.1, 0.15) is 33.1 Å². The van der Waals surface area contributed by atoms with Crippen molar-refractivity contribution in [2.75, 3.05) is 19.0 Å². The summed E-state index contributed by atoms with van der Waals surface area (Å²) in [5.74, 6) is -1.71. The molecular weight excluding hydrogens is 261 g/mol. The third kappa shape index (κ3) is 8.41. The minimum absolute atomic E-state index is 0.106. The summed E-state index contributed by atoms with van der Waals surface area (Å²) in [4.78, 5) is 10.9. The Labute approximate surface area is 108 Å². The minimum atomic E-state index is -3.50. The van der Waals surface area contributed by atoms with Crippen molar-refractivity contribution in [1.29, 1.82) is 0 Å². The largest absolute Gasteiger partial charge is 0.481 e. The van der Waals surface area contributed by atoms with Gasteiger partial charge in [0.25, 0.3) is 0 Å². The molecule has 0 aromatic heterocycles. The maximum atomic E-state index is 11.8. The molecule has 0 aliphatic carbocycles. The van der Waals surface area contributed by atoms with Gasteiger partial charge in [-0.05, 0) is 25.2 Å². The summed E-state index contributed by atoms with van der Waals surface area (Å²) in [6.07, 6.45) is 0.866. The van der Waals surface area contributed by atoms with E-state index in [-0.39, 0.29) is 31.1 Å². The molecule has 0 aromatic carbocycles. The standard InChI is InChI=1S/C11H22FNO4S/c1-9(2)7-10(11(14)15)8-13-18(16,17)6-4-3-5-12/h9-10,13H,3-8H2,1-2H3,(H,14,15). The normalized spacial score (nSPS) is 13.8. The summed E-state index contributed by atoms with van der Waals surface area (Å²) >= 11 is 0. The van der Waals surface area contributed by atoms with Gasteiger partial charge in [0, 0.05) is 6.54 Å². The van der Waals surface area contributed by atoms with Crippen molar-refractivity contribution < 1.29 is 22.7 Å². The van der Waals surface area contributed by atoms with Gasteiger partial charge in [-0.3, -0.25) is 9.18 Å². The zero-order chi connectivity index (χ0) is 14.2. The van der Waals surface area contributed by atoms with Crippen LogP contribution in [-0.2, 0) is 14.8 Å². The van der Waals surface area contributed by atoms with E-state index in [4.69, 9.17) is 5.11 Å². The highest BCUT2D eigenvalue weighted by molar-refractivity contribution is 7.89. The Morgan fingerprint density at radius 1 is 1.33 bits per heavy atom. The lowest BCUT2D eigenvalue weighted by Crippen LogP contribution is -2.35. The number of carboxylic acids is 1. The second kappa shape index (κ2) is 8.42. The Morgan fingerprint density at radius 2 is 1.94 bits per heavy atom. The van der Waals surface area contributed by atoms with Gasteiger partial charge < -0.3 is 5.11 Å². The molecule has 0 bridgehead atoms. The topological polar surface area (TPSA) is 83.5 Å². The van der Waals surface area contributed by atoms with E-state index >= 15 is 0 Å². The molecule has 0 rings (SSSR count). The Morgan fingerprint density at radius 3 is 2.39 bits per heavy atom. The predicted octanol–water partition coefficient (Wildman–Crippen LogP) is 1.40. The molecule has 0 fully saturated rings. The van der Waals surface area contributed by atoms with E-state index < -0.39 is 28.6 Å². The molecule has 0 saturated heterocycles. The first kappa shape index (κ1) is 17.3. The molecule has 0 radical (unpaired) electrons. The SMILES string of the molecule is CC(C)CC(CNS(=O)(=O)CCCCF)C(=O)O. The number of halogens is 1. The van der Waals surface area contributed by atoms with Crippen LogP contribution < -0.4 is 4.72 Å². The number of alkyl halides is 1. The smallest absolute Gasteiger partial charge is 0.307 e. The van der Waals surface area contributed by atoms with Crippen LogP contribution in [0.4, 0.5) is 4.39 Å². The van der Waals surface area contributed by atoms with E-state index in [9.17, 15) is 17.6 Å². The highest BCUT2D eigenvalue weighted by Gasteiger charge is 2.21. The number of carboxylic acid groups (broad SMARTS) is 1. The van der Waals surface area contributed by atoms with E-state index in [1.807, 2.05) is 13.8 Å². The Hall–Kier alpha value is -0.690. The number of nitrogens with one attached hydrogen (secondary N) is 1. The molecule has 1 unspecified atom stereocenters. The average Bonchev–Trinajstić information content (AvgIpc) is 2.23. The fraction of sp³-hybridized carbons (Fsp3) is 0.909. The number of sulfonamides is 1. The van der Waals surface area contributed by atoms with Crippen LogP contribution >= 0.6 is 0 Å². The lowest BCUT2D eigenvalue weighted by molar-refractivity contribution is -0.142. The number of aliphatic carboxylic acids is 1. The molecule has 108 valence electrons. The number of carbonyl (C=O) groups is 1. The minimum Gasteiger partial charge on any atom is -0.481 e. The summed E-state index contributed by atoms with van der Waals surface area (Å²) < 4.78 is 37.1. The van der Waals surface area contributed by atoms with Crippen molar-refractivity contribution in [3.05, 3.63) is 0 Å². The lowest BCUT2D eigenvalue weighted by Gasteiger charge is -2.15. The molecule has 0 spiro atoms. The third-order valence-corrected chi connectivity index (χ3v) is 3.88. The third-order valence-electron chi connectivity index (χ3n) is 2.45. The van der Waals surface area contributed by atoms with E-state index in [0.717, 1.165) is 0 Å². The fourth-order valence-electron chi connectivity index (χ4n) is 1.53. The Bertz CT molecular complexity index is 343. The first-order valence-corrected chi connectivity index (χ1v) is 7.70. The lowest BCUT2D eigenvalue weighted by atomic mass is 9.98. The summed E-state index contributed by atoms with van der Waals surface area (Å²) in [6.45, 7) is 3.11. The van der Waals surface area contributed by atoms with E-state index in [0.29, 0.717) is 6.42 Å². The fourth-order valence-corrected chi connectivity index (χ4v) is 2.71. The van der Waals surface area contributed by atoms with Crippen molar-refractivity contribution in [2.24, 2.45) is 11.8 Å². The van der Waals surface area contributed by atoms with Gasteiger partial charge in [0.2, 0.25) is 10.0 Å². The number of unbranched alkanes of at least 4 members (excludes halogenated alkanes) is 1. The Balaban J connectivity index is 4.20. The molecule has 0 aliphatic heterocycles. The molecule has 0 aromatic rings. The first-order chi connectivity index (χ1) is 8.28. The van der Waals surface area contributed by atoms with Gasteiger partial charge in [-0.1, -0.05) is 13.8 Å². The van der Waals surface area contributed by atoms with Crippen molar-refractivity contribution in [3.8, 4) is 0 Å². The monoisotopic (exact) mass is 283 g/mol. The number of rotatable bonds is 10.